The molecule has 1 aliphatic rings. The molecule has 2 aromatic rings. The maximum absolute atomic E-state index is 12.2. The van der Waals surface area contributed by atoms with Gasteiger partial charge >= 0.3 is 0 Å². The SMILES string of the molecule is Cn1nnnc1SCC(=O)N1CCC(Oc2cccnn2)CC1. The molecule has 3 rings (SSSR count). The standard InChI is InChI=1S/C13H17N7O2S/c1-19-13(16-17-18-19)23-9-12(21)20-7-4-10(5-8-20)22-11-3-2-6-14-15-11/h2-3,6,10H,4-5,7-9H2,1H3. The largest absolute Gasteiger partial charge is 0.473 e. The number of amides is 1. The topological polar surface area (TPSA) is 98.9 Å². The number of aryl methyl sites for hydroxylation is 1. The molecular weight excluding hydrogens is 318 g/mol. The van der Waals surface area contributed by atoms with Crippen LogP contribution in [0.3, 0.4) is 0 Å². The summed E-state index contributed by atoms with van der Waals surface area (Å²) in [5.41, 5.74) is 0. The fourth-order valence-corrected chi connectivity index (χ4v) is 3.06. The van der Waals surface area contributed by atoms with Gasteiger partial charge < -0.3 is 9.64 Å². The van der Waals surface area contributed by atoms with Gasteiger partial charge in [0.1, 0.15) is 6.10 Å². The average molecular weight is 335 g/mol. The summed E-state index contributed by atoms with van der Waals surface area (Å²) in [6.45, 7) is 1.36. The number of carbonyl (C=O) groups is 1. The second-order valence-electron chi connectivity index (χ2n) is 5.13. The summed E-state index contributed by atoms with van der Waals surface area (Å²) >= 11 is 1.35. The van der Waals surface area contributed by atoms with Gasteiger partial charge in [-0.25, -0.2) is 4.68 Å². The van der Waals surface area contributed by atoms with Gasteiger partial charge in [0.2, 0.25) is 16.9 Å². The Bertz CT molecular complexity index is 643. The van der Waals surface area contributed by atoms with E-state index in [0.29, 0.717) is 29.9 Å². The van der Waals surface area contributed by atoms with Crippen molar-refractivity contribution < 1.29 is 9.53 Å². The van der Waals surface area contributed by atoms with Gasteiger partial charge in [-0.2, -0.15) is 5.10 Å². The van der Waals surface area contributed by atoms with Crippen molar-refractivity contribution in [2.45, 2.75) is 24.1 Å². The van der Waals surface area contributed by atoms with Crippen molar-refractivity contribution in [3.63, 3.8) is 0 Å². The monoisotopic (exact) mass is 335 g/mol. The van der Waals surface area contributed by atoms with Crippen LogP contribution in [0.5, 0.6) is 5.88 Å². The lowest BCUT2D eigenvalue weighted by atomic mass is 10.1. The number of thioether (sulfide) groups is 1. The minimum absolute atomic E-state index is 0.0753. The number of hydrogen-bond donors (Lipinski definition) is 0. The minimum atomic E-state index is 0.0753. The van der Waals surface area contributed by atoms with E-state index in [2.05, 4.69) is 25.7 Å². The number of likely N-dealkylation sites (tertiary alicyclic amines) is 1. The third-order valence-corrected chi connectivity index (χ3v) is 4.53. The van der Waals surface area contributed by atoms with E-state index in [-0.39, 0.29) is 12.0 Å². The summed E-state index contributed by atoms with van der Waals surface area (Å²) in [5.74, 6) is 0.961. The van der Waals surface area contributed by atoms with Gasteiger partial charge in [-0.05, 0) is 16.5 Å². The Kier molecular flexibility index (Phi) is 5.01. The summed E-state index contributed by atoms with van der Waals surface area (Å²) in [6, 6.07) is 3.58. The Labute approximate surface area is 137 Å². The van der Waals surface area contributed by atoms with Crippen LogP contribution < -0.4 is 4.74 Å². The molecule has 0 spiro atoms. The first kappa shape index (κ1) is 15.7. The number of piperidine rings is 1. The van der Waals surface area contributed by atoms with Crippen LogP contribution >= 0.6 is 11.8 Å². The van der Waals surface area contributed by atoms with E-state index in [1.165, 1.54) is 11.8 Å². The van der Waals surface area contributed by atoms with E-state index in [0.717, 1.165) is 12.8 Å². The maximum atomic E-state index is 12.2. The molecule has 0 radical (unpaired) electrons. The number of nitrogens with zero attached hydrogens (tertiary/aromatic N) is 7. The number of aromatic nitrogens is 6. The molecule has 0 aromatic carbocycles. The van der Waals surface area contributed by atoms with Crippen molar-refractivity contribution in [3.05, 3.63) is 18.3 Å². The fourth-order valence-electron chi connectivity index (χ4n) is 2.31. The van der Waals surface area contributed by atoms with Crippen LogP contribution in [-0.4, -0.2) is 66.2 Å². The quantitative estimate of drug-likeness (QED) is 0.713. The van der Waals surface area contributed by atoms with E-state index >= 15 is 0 Å². The summed E-state index contributed by atoms with van der Waals surface area (Å²) < 4.78 is 7.33. The van der Waals surface area contributed by atoms with Gasteiger partial charge in [0, 0.05) is 45.2 Å². The molecule has 1 saturated heterocycles. The lowest BCUT2D eigenvalue weighted by Gasteiger charge is -2.31. The lowest BCUT2D eigenvalue weighted by Crippen LogP contribution is -2.42. The predicted molar refractivity (Wildman–Crippen MR) is 81.8 cm³/mol. The molecule has 3 heterocycles. The Hall–Kier alpha value is -2.23. The maximum Gasteiger partial charge on any atom is 0.233 e. The van der Waals surface area contributed by atoms with E-state index < -0.39 is 0 Å². The highest BCUT2D eigenvalue weighted by Gasteiger charge is 2.24. The van der Waals surface area contributed by atoms with Gasteiger partial charge in [-0.3, -0.25) is 4.79 Å². The lowest BCUT2D eigenvalue weighted by molar-refractivity contribution is -0.130. The number of rotatable bonds is 5. The molecule has 10 heteroatoms. The third-order valence-electron chi connectivity index (χ3n) is 3.54. The zero-order valence-electron chi connectivity index (χ0n) is 12.7. The molecule has 23 heavy (non-hydrogen) atoms. The van der Waals surface area contributed by atoms with Crippen molar-refractivity contribution in [3.8, 4) is 5.88 Å². The molecule has 1 fully saturated rings. The predicted octanol–water partition coefficient (Wildman–Crippen LogP) is 0.162. The van der Waals surface area contributed by atoms with Crippen molar-refractivity contribution >= 4 is 17.7 Å². The Morgan fingerprint density at radius 3 is 2.87 bits per heavy atom. The minimum Gasteiger partial charge on any atom is -0.473 e. The zero-order chi connectivity index (χ0) is 16.1. The highest BCUT2D eigenvalue weighted by Crippen LogP contribution is 2.19. The molecule has 122 valence electrons. The van der Waals surface area contributed by atoms with Gasteiger partial charge in [0.05, 0.1) is 5.75 Å². The van der Waals surface area contributed by atoms with Crippen molar-refractivity contribution in [1.82, 2.24) is 35.3 Å². The number of tetrazole rings is 1. The van der Waals surface area contributed by atoms with E-state index in [1.54, 1.807) is 30.1 Å². The Balaban J connectivity index is 1.43. The number of carbonyl (C=O) groups excluding carboxylic acids is 1. The van der Waals surface area contributed by atoms with Gasteiger partial charge in [-0.15, -0.1) is 10.2 Å². The van der Waals surface area contributed by atoms with E-state index in [4.69, 9.17) is 4.74 Å². The van der Waals surface area contributed by atoms with Crippen LogP contribution in [0.2, 0.25) is 0 Å². The molecule has 9 nitrogen and oxygen atoms in total. The molecule has 0 N–H and O–H groups in total. The zero-order valence-corrected chi connectivity index (χ0v) is 13.5. The first-order chi connectivity index (χ1) is 11.2. The number of ether oxygens (including phenoxy) is 1. The van der Waals surface area contributed by atoms with Crippen LogP contribution in [0.15, 0.2) is 23.5 Å². The van der Waals surface area contributed by atoms with E-state index in [1.807, 2.05) is 4.90 Å². The summed E-state index contributed by atoms with van der Waals surface area (Å²) in [7, 11) is 1.75. The van der Waals surface area contributed by atoms with Crippen LogP contribution in [0.4, 0.5) is 0 Å². The molecule has 2 aromatic heterocycles. The smallest absolute Gasteiger partial charge is 0.233 e. The van der Waals surface area contributed by atoms with Crippen molar-refractivity contribution in [2.24, 2.45) is 7.05 Å². The second kappa shape index (κ2) is 7.36. The van der Waals surface area contributed by atoms with Crippen LogP contribution in [0.1, 0.15) is 12.8 Å². The first-order valence-corrected chi connectivity index (χ1v) is 8.28. The average Bonchev–Trinajstić information content (AvgIpc) is 2.99. The van der Waals surface area contributed by atoms with Crippen molar-refractivity contribution in [2.75, 3.05) is 18.8 Å². The molecular formula is C13H17N7O2S. The first-order valence-electron chi connectivity index (χ1n) is 7.29. The van der Waals surface area contributed by atoms with Gasteiger partial charge in [0.25, 0.3) is 0 Å². The molecule has 0 atom stereocenters. The summed E-state index contributed by atoms with van der Waals surface area (Å²) in [5, 5.41) is 19.5. The number of hydrogen-bond acceptors (Lipinski definition) is 8. The molecule has 1 amide bonds. The Morgan fingerprint density at radius 2 is 2.22 bits per heavy atom. The summed E-state index contributed by atoms with van der Waals surface area (Å²) in [6.07, 6.45) is 3.27. The Morgan fingerprint density at radius 1 is 1.39 bits per heavy atom. The van der Waals surface area contributed by atoms with E-state index in [9.17, 15) is 4.79 Å². The third kappa shape index (κ3) is 4.15. The molecule has 0 saturated carbocycles. The highest BCUT2D eigenvalue weighted by molar-refractivity contribution is 7.99. The normalized spacial score (nSPS) is 15.6. The molecule has 0 bridgehead atoms. The highest BCUT2D eigenvalue weighted by atomic mass is 32.2. The van der Waals surface area contributed by atoms with Crippen LogP contribution in [-0.2, 0) is 11.8 Å². The van der Waals surface area contributed by atoms with Gasteiger partial charge in [0.15, 0.2) is 0 Å². The second-order valence-corrected chi connectivity index (χ2v) is 6.08. The fraction of sp³-hybridized carbons (Fsp3) is 0.538. The van der Waals surface area contributed by atoms with Crippen LogP contribution in [0, 0.1) is 0 Å². The van der Waals surface area contributed by atoms with Gasteiger partial charge in [-0.1, -0.05) is 11.8 Å². The molecule has 0 aliphatic carbocycles. The molecule has 0 unspecified atom stereocenters. The van der Waals surface area contributed by atoms with Crippen molar-refractivity contribution in [1.29, 1.82) is 0 Å². The molecule has 1 aliphatic heterocycles. The summed E-state index contributed by atoms with van der Waals surface area (Å²) in [4.78, 5) is 14.1. The van der Waals surface area contributed by atoms with Crippen LogP contribution in [0.25, 0.3) is 0 Å².